The van der Waals surface area contributed by atoms with Crippen LogP contribution in [0.1, 0.15) is 19.8 Å². The molecular formula is C11H20N2O2. The Morgan fingerprint density at radius 1 is 1.80 bits per heavy atom. The fraction of sp³-hybridized carbons (Fsp3) is 0.727. The lowest BCUT2D eigenvalue weighted by molar-refractivity contribution is -0.122. The van der Waals surface area contributed by atoms with E-state index in [1.807, 2.05) is 13.0 Å². The van der Waals surface area contributed by atoms with Crippen molar-refractivity contribution in [2.24, 2.45) is 0 Å². The summed E-state index contributed by atoms with van der Waals surface area (Å²) in [6, 6.07) is 0.328. The third kappa shape index (κ3) is 4.95. The van der Waals surface area contributed by atoms with Gasteiger partial charge in [0.25, 0.3) is 0 Å². The summed E-state index contributed by atoms with van der Waals surface area (Å²) >= 11 is 0. The van der Waals surface area contributed by atoms with Crippen molar-refractivity contribution < 1.29 is 9.53 Å². The molecule has 4 heteroatoms. The fourth-order valence-electron chi connectivity index (χ4n) is 1.62. The van der Waals surface area contributed by atoms with E-state index in [2.05, 4.69) is 17.2 Å². The van der Waals surface area contributed by atoms with E-state index in [9.17, 15) is 4.79 Å². The maximum absolute atomic E-state index is 11.6. The van der Waals surface area contributed by atoms with E-state index in [-0.39, 0.29) is 18.0 Å². The maximum Gasteiger partial charge on any atom is 0.221 e. The van der Waals surface area contributed by atoms with Gasteiger partial charge in [0.05, 0.1) is 13.2 Å². The second kappa shape index (κ2) is 6.58. The molecule has 1 saturated heterocycles. The van der Waals surface area contributed by atoms with Gasteiger partial charge in [0.1, 0.15) is 0 Å². The fourth-order valence-corrected chi connectivity index (χ4v) is 1.62. The minimum Gasteiger partial charge on any atom is -0.378 e. The molecule has 0 radical (unpaired) electrons. The van der Waals surface area contributed by atoms with E-state index in [0.29, 0.717) is 13.0 Å². The maximum atomic E-state index is 11.6. The lowest BCUT2D eigenvalue weighted by Gasteiger charge is -2.23. The molecule has 0 aromatic carbocycles. The number of carbonyl (C=O) groups excluding carboxylic acids is 1. The molecule has 15 heavy (non-hydrogen) atoms. The highest BCUT2D eigenvalue weighted by molar-refractivity contribution is 5.76. The van der Waals surface area contributed by atoms with Gasteiger partial charge in [-0.3, -0.25) is 4.79 Å². The molecule has 1 aliphatic heterocycles. The van der Waals surface area contributed by atoms with Crippen LogP contribution in [0.2, 0.25) is 0 Å². The van der Waals surface area contributed by atoms with Gasteiger partial charge in [0, 0.05) is 25.0 Å². The topological polar surface area (TPSA) is 50.4 Å². The van der Waals surface area contributed by atoms with Crippen molar-refractivity contribution in [2.75, 3.05) is 19.8 Å². The van der Waals surface area contributed by atoms with E-state index in [4.69, 9.17) is 4.74 Å². The Balaban J connectivity index is 2.19. The van der Waals surface area contributed by atoms with Crippen LogP contribution in [0.3, 0.4) is 0 Å². The molecule has 2 unspecified atom stereocenters. The zero-order valence-electron chi connectivity index (χ0n) is 9.29. The van der Waals surface area contributed by atoms with Crippen molar-refractivity contribution in [3.8, 4) is 0 Å². The molecule has 1 heterocycles. The third-order valence-electron chi connectivity index (χ3n) is 2.36. The van der Waals surface area contributed by atoms with Crippen LogP contribution in [0.5, 0.6) is 0 Å². The zero-order chi connectivity index (χ0) is 11.1. The van der Waals surface area contributed by atoms with Crippen LogP contribution in [-0.4, -0.2) is 37.7 Å². The Labute approximate surface area is 91.1 Å². The van der Waals surface area contributed by atoms with Crippen LogP contribution in [0.25, 0.3) is 0 Å². The highest BCUT2D eigenvalue weighted by atomic mass is 16.5. The van der Waals surface area contributed by atoms with Crippen molar-refractivity contribution in [2.45, 2.75) is 31.8 Å². The van der Waals surface area contributed by atoms with Crippen LogP contribution in [0, 0.1) is 0 Å². The van der Waals surface area contributed by atoms with Gasteiger partial charge >= 0.3 is 0 Å². The Hall–Kier alpha value is -0.870. The molecular weight excluding hydrogens is 192 g/mol. The Morgan fingerprint density at radius 2 is 2.60 bits per heavy atom. The van der Waals surface area contributed by atoms with Crippen molar-refractivity contribution in [3.05, 3.63) is 12.7 Å². The van der Waals surface area contributed by atoms with Gasteiger partial charge in [-0.15, -0.1) is 6.58 Å². The van der Waals surface area contributed by atoms with Crippen molar-refractivity contribution in [3.63, 3.8) is 0 Å². The van der Waals surface area contributed by atoms with E-state index in [1.54, 1.807) is 0 Å². The molecule has 0 aromatic heterocycles. The summed E-state index contributed by atoms with van der Waals surface area (Å²) in [4.78, 5) is 11.6. The molecule has 0 saturated carbocycles. The predicted octanol–water partition coefficient (Wildman–Crippen LogP) is 0.446. The number of hydrogen-bond donors (Lipinski definition) is 2. The number of amides is 1. The lowest BCUT2D eigenvalue weighted by Crippen LogP contribution is -2.45. The predicted molar refractivity (Wildman–Crippen MR) is 59.6 cm³/mol. The first-order valence-electron chi connectivity index (χ1n) is 5.43. The van der Waals surface area contributed by atoms with Gasteiger partial charge in [0.15, 0.2) is 0 Å². The number of ether oxygens (including phenoxy) is 1. The molecule has 2 atom stereocenters. The molecule has 86 valence electrons. The van der Waals surface area contributed by atoms with Crippen molar-refractivity contribution in [1.82, 2.24) is 10.6 Å². The van der Waals surface area contributed by atoms with E-state index < -0.39 is 0 Å². The smallest absolute Gasteiger partial charge is 0.221 e. The molecule has 1 amide bonds. The summed E-state index contributed by atoms with van der Waals surface area (Å²) in [6.07, 6.45) is 3.11. The van der Waals surface area contributed by atoms with Gasteiger partial charge in [-0.05, 0) is 13.3 Å². The number of nitrogens with one attached hydrogen (secondary N) is 2. The van der Waals surface area contributed by atoms with Crippen LogP contribution < -0.4 is 10.6 Å². The minimum atomic E-state index is 0.0763. The normalized spacial score (nSPS) is 23.1. The Kier molecular flexibility index (Phi) is 5.36. The summed E-state index contributed by atoms with van der Waals surface area (Å²) in [6.45, 7) is 7.82. The van der Waals surface area contributed by atoms with Crippen molar-refractivity contribution >= 4 is 5.91 Å². The van der Waals surface area contributed by atoms with E-state index in [0.717, 1.165) is 19.6 Å². The summed E-state index contributed by atoms with van der Waals surface area (Å²) in [7, 11) is 0. The number of hydrogen-bond acceptors (Lipinski definition) is 3. The van der Waals surface area contributed by atoms with Crippen molar-refractivity contribution in [1.29, 1.82) is 0 Å². The molecule has 4 nitrogen and oxygen atoms in total. The summed E-state index contributed by atoms with van der Waals surface area (Å²) < 4.78 is 5.28. The molecule has 1 fully saturated rings. The summed E-state index contributed by atoms with van der Waals surface area (Å²) in [5.41, 5.74) is 0. The zero-order valence-corrected chi connectivity index (χ0v) is 9.29. The van der Waals surface area contributed by atoms with Gasteiger partial charge in [-0.25, -0.2) is 0 Å². The van der Waals surface area contributed by atoms with Gasteiger partial charge in [-0.1, -0.05) is 6.08 Å². The standard InChI is InChI=1S/C11H20N2O2/c1-3-4-9(2)13-11(14)7-10-8-15-6-5-12-10/h3,9-10,12H,1,4-8H2,2H3,(H,13,14). The molecule has 1 aliphatic rings. The van der Waals surface area contributed by atoms with Crippen LogP contribution in [0.15, 0.2) is 12.7 Å². The molecule has 0 aliphatic carbocycles. The second-order valence-corrected chi connectivity index (χ2v) is 3.92. The monoisotopic (exact) mass is 212 g/mol. The van der Waals surface area contributed by atoms with Gasteiger partial charge in [-0.2, -0.15) is 0 Å². The van der Waals surface area contributed by atoms with Gasteiger partial charge in [0.2, 0.25) is 5.91 Å². The first kappa shape index (κ1) is 12.2. The highest BCUT2D eigenvalue weighted by Crippen LogP contribution is 1.99. The van der Waals surface area contributed by atoms with Crippen LogP contribution in [0.4, 0.5) is 0 Å². The summed E-state index contributed by atoms with van der Waals surface area (Å²) in [5, 5.41) is 6.17. The largest absolute Gasteiger partial charge is 0.378 e. The quantitative estimate of drug-likeness (QED) is 0.650. The Bertz CT molecular complexity index is 213. The third-order valence-corrected chi connectivity index (χ3v) is 2.36. The minimum absolute atomic E-state index is 0.0763. The van der Waals surface area contributed by atoms with Gasteiger partial charge < -0.3 is 15.4 Å². The molecule has 0 bridgehead atoms. The summed E-state index contributed by atoms with van der Waals surface area (Å²) in [5.74, 6) is 0.0763. The Morgan fingerprint density at radius 3 is 3.20 bits per heavy atom. The SMILES string of the molecule is C=CCC(C)NC(=O)CC1COCCN1. The first-order valence-corrected chi connectivity index (χ1v) is 5.43. The second-order valence-electron chi connectivity index (χ2n) is 3.92. The number of rotatable bonds is 5. The average Bonchev–Trinajstić information content (AvgIpc) is 2.19. The molecule has 0 spiro atoms. The average molecular weight is 212 g/mol. The molecule has 2 N–H and O–H groups in total. The number of carbonyl (C=O) groups is 1. The highest BCUT2D eigenvalue weighted by Gasteiger charge is 2.17. The number of morpholine rings is 1. The van der Waals surface area contributed by atoms with Crippen LogP contribution in [-0.2, 0) is 9.53 Å². The van der Waals surface area contributed by atoms with E-state index in [1.165, 1.54) is 0 Å². The van der Waals surface area contributed by atoms with Crippen LogP contribution >= 0.6 is 0 Å². The first-order chi connectivity index (χ1) is 7.22. The molecule has 1 rings (SSSR count). The van der Waals surface area contributed by atoms with E-state index >= 15 is 0 Å². The molecule has 0 aromatic rings. The lowest BCUT2D eigenvalue weighted by atomic mass is 10.1.